The zero-order valence-electron chi connectivity index (χ0n) is 6.82. The van der Waals surface area contributed by atoms with Crippen molar-refractivity contribution in [3.63, 3.8) is 0 Å². The van der Waals surface area contributed by atoms with Crippen molar-refractivity contribution in [1.82, 2.24) is 10.6 Å². The Morgan fingerprint density at radius 2 is 1.31 bits per heavy atom. The van der Waals surface area contributed by atoms with Crippen LogP contribution in [0.2, 0.25) is 0 Å². The Bertz CT molecular complexity index is 145. The Hall–Kier alpha value is 0.260. The van der Waals surface area contributed by atoms with Crippen LogP contribution in [0, 0.1) is 0 Å². The molecule has 0 atom stereocenters. The summed E-state index contributed by atoms with van der Waals surface area (Å²) in [6.45, 7) is 4.56. The number of hydrogen-bond acceptors (Lipinski definition) is 3. The second-order valence-corrected chi connectivity index (χ2v) is 4.58. The van der Waals surface area contributed by atoms with E-state index in [9.17, 15) is 4.79 Å². The summed E-state index contributed by atoms with van der Waals surface area (Å²) in [5.41, 5.74) is 0. The highest BCUT2D eigenvalue weighted by Crippen LogP contribution is 2.25. The molecule has 0 unspecified atom stereocenters. The largest absolute Gasteiger partial charge is 0.478 e. The topological polar surface area (TPSA) is 61.4 Å². The van der Waals surface area contributed by atoms with Gasteiger partial charge in [0, 0.05) is 26.2 Å². The highest BCUT2D eigenvalue weighted by Gasteiger charge is 2.29. The summed E-state index contributed by atoms with van der Waals surface area (Å²) in [4.78, 5) is 9.62. The van der Waals surface area contributed by atoms with E-state index in [1.807, 2.05) is 0 Å². The first-order valence-electron chi connectivity index (χ1n) is 3.66. The van der Waals surface area contributed by atoms with E-state index in [1.54, 1.807) is 0 Å². The number of carboxylic acids is 1. The zero-order valence-corrected chi connectivity index (χ0v) is 9.09. The monoisotopic (exact) mass is 248 g/mol. The molecule has 0 saturated carbocycles. The van der Waals surface area contributed by atoms with E-state index in [4.69, 9.17) is 39.9 Å². The molecule has 7 heteroatoms. The van der Waals surface area contributed by atoms with Crippen LogP contribution in [-0.4, -0.2) is 41.0 Å². The van der Waals surface area contributed by atoms with Crippen molar-refractivity contribution in [3.8, 4) is 0 Å². The first kappa shape index (κ1) is 13.3. The van der Waals surface area contributed by atoms with Gasteiger partial charge in [-0.25, -0.2) is 4.79 Å². The molecule has 1 aliphatic rings. The third kappa shape index (κ3) is 8.59. The summed E-state index contributed by atoms with van der Waals surface area (Å²) in [5, 5.41) is 14.3. The average molecular weight is 250 g/mol. The number of hydrogen-bond donors (Lipinski definition) is 3. The van der Waals surface area contributed by atoms with Gasteiger partial charge in [0.15, 0.2) is 0 Å². The molecule has 1 rings (SSSR count). The number of carboxylic acid groups (broad SMARTS) is 1. The minimum Gasteiger partial charge on any atom is -0.478 e. The van der Waals surface area contributed by atoms with Crippen molar-refractivity contribution in [2.45, 2.75) is 3.79 Å². The third-order valence-corrected chi connectivity index (χ3v) is 1.68. The third-order valence-electron chi connectivity index (χ3n) is 1.20. The molecule has 4 nitrogen and oxygen atoms in total. The van der Waals surface area contributed by atoms with E-state index in [2.05, 4.69) is 10.6 Å². The van der Waals surface area contributed by atoms with Crippen molar-refractivity contribution in [3.05, 3.63) is 0 Å². The lowest BCUT2D eigenvalue weighted by molar-refractivity contribution is -0.135. The standard InChI is InChI=1S/C4H10N2.C2HCl3O2/c1-2-6-4-3-5-1;3-2(4,5)1(6)7/h5-6H,1-4H2;(H,6,7). The highest BCUT2D eigenvalue weighted by atomic mass is 35.6. The van der Waals surface area contributed by atoms with Crippen molar-refractivity contribution in [2.24, 2.45) is 0 Å². The maximum absolute atomic E-state index is 9.62. The Balaban J connectivity index is 0.000000223. The molecular weight excluding hydrogens is 238 g/mol. The predicted molar refractivity (Wildman–Crippen MR) is 53.7 cm³/mol. The van der Waals surface area contributed by atoms with Gasteiger partial charge in [0.2, 0.25) is 0 Å². The van der Waals surface area contributed by atoms with Crippen LogP contribution in [0.1, 0.15) is 0 Å². The minimum atomic E-state index is -2.17. The number of aliphatic carboxylic acids is 1. The molecule has 0 radical (unpaired) electrons. The molecule has 0 aromatic rings. The lowest BCUT2D eigenvalue weighted by atomic mass is 10.4. The van der Waals surface area contributed by atoms with Crippen molar-refractivity contribution >= 4 is 40.8 Å². The summed E-state index contributed by atoms with van der Waals surface area (Å²) in [7, 11) is 0. The van der Waals surface area contributed by atoms with Gasteiger partial charge in [-0.3, -0.25) is 0 Å². The van der Waals surface area contributed by atoms with Crippen LogP contribution in [0.15, 0.2) is 0 Å². The maximum Gasteiger partial charge on any atom is 0.356 e. The van der Waals surface area contributed by atoms with E-state index in [0.29, 0.717) is 0 Å². The van der Waals surface area contributed by atoms with Crippen molar-refractivity contribution in [2.75, 3.05) is 26.2 Å². The van der Waals surface area contributed by atoms with Gasteiger partial charge in [-0.1, -0.05) is 34.8 Å². The minimum absolute atomic E-state index is 1.14. The molecule has 1 fully saturated rings. The Morgan fingerprint density at radius 3 is 1.38 bits per heavy atom. The van der Waals surface area contributed by atoms with Crippen LogP contribution in [0.5, 0.6) is 0 Å². The summed E-state index contributed by atoms with van der Waals surface area (Å²) >= 11 is 14.4. The fourth-order valence-corrected chi connectivity index (χ4v) is 0.604. The van der Waals surface area contributed by atoms with Crippen LogP contribution in [0.4, 0.5) is 0 Å². The lowest BCUT2D eigenvalue weighted by Gasteiger charge is -2.11. The molecule has 0 aliphatic carbocycles. The van der Waals surface area contributed by atoms with Crippen molar-refractivity contribution in [1.29, 1.82) is 0 Å². The molecule has 0 aromatic carbocycles. The molecule has 0 bridgehead atoms. The first-order valence-corrected chi connectivity index (χ1v) is 4.79. The second kappa shape index (κ2) is 6.68. The highest BCUT2D eigenvalue weighted by molar-refractivity contribution is 6.75. The summed E-state index contributed by atoms with van der Waals surface area (Å²) in [6, 6.07) is 0. The van der Waals surface area contributed by atoms with Gasteiger partial charge in [0.05, 0.1) is 0 Å². The van der Waals surface area contributed by atoms with E-state index in [-0.39, 0.29) is 0 Å². The normalized spacial score (nSPS) is 17.2. The molecule has 0 spiro atoms. The summed E-state index contributed by atoms with van der Waals surface area (Å²) in [6.07, 6.45) is 0. The molecular formula is C6H11Cl3N2O2. The van der Waals surface area contributed by atoms with Crippen LogP contribution in [-0.2, 0) is 4.79 Å². The van der Waals surface area contributed by atoms with E-state index in [0.717, 1.165) is 26.2 Å². The number of rotatable bonds is 0. The molecule has 78 valence electrons. The fraction of sp³-hybridized carbons (Fsp3) is 0.833. The number of carbonyl (C=O) groups is 1. The van der Waals surface area contributed by atoms with Gasteiger partial charge in [0.1, 0.15) is 0 Å². The van der Waals surface area contributed by atoms with Gasteiger partial charge >= 0.3 is 5.97 Å². The van der Waals surface area contributed by atoms with Crippen LogP contribution < -0.4 is 10.6 Å². The number of halogens is 3. The molecule has 0 amide bonds. The fourth-order valence-electron chi connectivity index (χ4n) is 0.604. The lowest BCUT2D eigenvalue weighted by Crippen LogP contribution is -2.39. The van der Waals surface area contributed by atoms with Gasteiger partial charge in [0.25, 0.3) is 3.79 Å². The number of alkyl halides is 3. The number of piperazine rings is 1. The molecule has 0 aromatic heterocycles. The number of nitrogens with one attached hydrogen (secondary N) is 2. The Labute approximate surface area is 91.5 Å². The SMILES string of the molecule is C1CNCCN1.O=C(O)C(Cl)(Cl)Cl. The second-order valence-electron chi connectivity index (χ2n) is 2.30. The van der Waals surface area contributed by atoms with E-state index < -0.39 is 9.76 Å². The van der Waals surface area contributed by atoms with Crippen molar-refractivity contribution < 1.29 is 9.90 Å². The van der Waals surface area contributed by atoms with Crippen LogP contribution in [0.3, 0.4) is 0 Å². The first-order chi connectivity index (χ1) is 5.94. The van der Waals surface area contributed by atoms with E-state index >= 15 is 0 Å². The average Bonchev–Trinajstić information content (AvgIpc) is 2.07. The Morgan fingerprint density at radius 1 is 1.08 bits per heavy atom. The van der Waals surface area contributed by atoms with Crippen LogP contribution in [0.25, 0.3) is 0 Å². The van der Waals surface area contributed by atoms with Gasteiger partial charge < -0.3 is 15.7 Å². The van der Waals surface area contributed by atoms with Gasteiger partial charge in [-0.05, 0) is 0 Å². The molecule has 13 heavy (non-hydrogen) atoms. The molecule has 1 aliphatic heterocycles. The maximum atomic E-state index is 9.62. The quantitative estimate of drug-likeness (QED) is 0.551. The molecule has 1 saturated heterocycles. The molecule has 1 heterocycles. The van der Waals surface area contributed by atoms with Gasteiger partial charge in [-0.2, -0.15) is 0 Å². The molecule has 3 N–H and O–H groups in total. The van der Waals surface area contributed by atoms with Crippen LogP contribution >= 0.6 is 34.8 Å². The summed E-state index contributed by atoms with van der Waals surface area (Å²) < 4.78 is -2.17. The van der Waals surface area contributed by atoms with E-state index in [1.165, 1.54) is 0 Å². The zero-order chi connectivity index (χ0) is 10.3. The smallest absolute Gasteiger partial charge is 0.356 e. The summed E-state index contributed by atoms with van der Waals surface area (Å²) in [5.74, 6) is -1.46. The van der Waals surface area contributed by atoms with Gasteiger partial charge in [-0.15, -0.1) is 0 Å². The Kier molecular flexibility index (Phi) is 6.81. The predicted octanol–water partition coefficient (Wildman–Crippen LogP) is 0.620.